The number of carbonyl (C=O) groups is 2. The fourth-order valence-corrected chi connectivity index (χ4v) is 5.64. The molecule has 3 atom stereocenters. The molecule has 1 aromatic carbocycles. The first-order valence-electron chi connectivity index (χ1n) is 13.7. The molecule has 2 heterocycles. The maximum Gasteiger partial charge on any atom is 0.416 e. The van der Waals surface area contributed by atoms with Gasteiger partial charge in [0.2, 0.25) is 5.88 Å². The Morgan fingerprint density at radius 3 is 2.53 bits per heavy atom. The number of hydrogen-bond donors (Lipinski definition) is 0. The molecule has 9 heteroatoms. The van der Waals surface area contributed by atoms with Crippen molar-refractivity contribution in [2.24, 2.45) is 0 Å². The van der Waals surface area contributed by atoms with E-state index in [4.69, 9.17) is 14.2 Å². The lowest BCUT2D eigenvalue weighted by atomic mass is 9.92. The van der Waals surface area contributed by atoms with Crippen LogP contribution >= 0.6 is 0 Å². The van der Waals surface area contributed by atoms with E-state index in [9.17, 15) is 9.59 Å². The predicted molar refractivity (Wildman–Crippen MR) is 142 cm³/mol. The lowest BCUT2D eigenvalue weighted by Crippen LogP contribution is -2.47. The van der Waals surface area contributed by atoms with Crippen LogP contribution in [0.1, 0.15) is 70.9 Å². The molecule has 1 aromatic heterocycles. The topological polar surface area (TPSA) is 94.1 Å². The lowest BCUT2D eigenvalue weighted by Gasteiger charge is -2.37. The third kappa shape index (κ3) is 6.09. The largest absolute Gasteiger partial charge is 0.474 e. The minimum Gasteiger partial charge on any atom is -0.474 e. The SMILES string of the molecule is CC(=O)OC1CC(Oc2cc(N(C(=O)OC(C)(C)C)C3CCC3)ncn2)CC1N1CCc2ccccc2C1. The highest BCUT2D eigenvalue weighted by Gasteiger charge is 2.42. The van der Waals surface area contributed by atoms with Gasteiger partial charge in [-0.05, 0) is 57.6 Å². The van der Waals surface area contributed by atoms with Gasteiger partial charge in [0, 0.05) is 45.0 Å². The summed E-state index contributed by atoms with van der Waals surface area (Å²) in [5.41, 5.74) is 2.10. The Labute approximate surface area is 224 Å². The number of rotatable bonds is 6. The second kappa shape index (κ2) is 10.9. The number of amides is 1. The standard InChI is InChI=1S/C29H38N4O5/c1-19(34)36-25-15-23(14-24(25)32-13-12-20-8-5-6-9-21(20)17-32)37-27-16-26(30-18-31-27)33(22-10-7-11-22)28(35)38-29(2,3)4/h5-6,8-9,16,18,22-25H,7,10-15,17H2,1-4H3. The summed E-state index contributed by atoms with van der Waals surface area (Å²) >= 11 is 0. The van der Waals surface area contributed by atoms with E-state index in [-0.39, 0.29) is 30.3 Å². The summed E-state index contributed by atoms with van der Waals surface area (Å²) in [5.74, 6) is 0.600. The first-order valence-corrected chi connectivity index (χ1v) is 13.7. The second-order valence-corrected chi connectivity index (χ2v) is 11.6. The number of nitrogens with zero attached hydrogens (tertiary/aromatic N) is 4. The molecule has 3 unspecified atom stereocenters. The molecule has 1 amide bonds. The van der Waals surface area contributed by atoms with Crippen molar-refractivity contribution in [1.29, 1.82) is 0 Å². The molecule has 0 radical (unpaired) electrons. The minimum atomic E-state index is -0.606. The van der Waals surface area contributed by atoms with E-state index >= 15 is 0 Å². The van der Waals surface area contributed by atoms with Crippen LogP contribution in [-0.4, -0.2) is 63.4 Å². The van der Waals surface area contributed by atoms with Gasteiger partial charge in [-0.1, -0.05) is 24.3 Å². The van der Waals surface area contributed by atoms with Crippen LogP contribution in [0, 0.1) is 0 Å². The summed E-state index contributed by atoms with van der Waals surface area (Å²) in [6, 6.07) is 10.3. The molecule has 0 N–H and O–H groups in total. The smallest absolute Gasteiger partial charge is 0.416 e. The average Bonchev–Trinajstić information content (AvgIpc) is 3.21. The van der Waals surface area contributed by atoms with E-state index in [1.165, 1.54) is 24.4 Å². The van der Waals surface area contributed by atoms with E-state index < -0.39 is 11.7 Å². The number of aromatic nitrogens is 2. The number of esters is 1. The molecule has 0 spiro atoms. The molecule has 204 valence electrons. The fourth-order valence-electron chi connectivity index (χ4n) is 5.64. The van der Waals surface area contributed by atoms with Crippen LogP contribution in [0.4, 0.5) is 10.6 Å². The summed E-state index contributed by atoms with van der Waals surface area (Å²) in [6.45, 7) is 8.77. The van der Waals surface area contributed by atoms with Gasteiger partial charge < -0.3 is 14.2 Å². The lowest BCUT2D eigenvalue weighted by molar-refractivity contribution is -0.149. The molecule has 2 fully saturated rings. The average molecular weight is 523 g/mol. The number of anilines is 1. The predicted octanol–water partition coefficient (Wildman–Crippen LogP) is 4.67. The fraction of sp³-hybridized carbons (Fsp3) is 0.586. The van der Waals surface area contributed by atoms with Crippen LogP contribution in [0.3, 0.4) is 0 Å². The Balaban J connectivity index is 1.30. The van der Waals surface area contributed by atoms with Crippen molar-refractivity contribution in [3.8, 4) is 5.88 Å². The summed E-state index contributed by atoms with van der Waals surface area (Å²) in [5, 5.41) is 0. The minimum absolute atomic E-state index is 0.0544. The van der Waals surface area contributed by atoms with E-state index in [2.05, 4.69) is 39.1 Å². The molecule has 5 rings (SSSR count). The third-order valence-corrected chi connectivity index (χ3v) is 7.57. The Morgan fingerprint density at radius 1 is 1.08 bits per heavy atom. The van der Waals surface area contributed by atoms with E-state index in [0.717, 1.165) is 45.2 Å². The summed E-state index contributed by atoms with van der Waals surface area (Å²) < 4.78 is 17.8. The Hall–Kier alpha value is -3.20. The van der Waals surface area contributed by atoms with Gasteiger partial charge in [-0.2, -0.15) is 0 Å². The van der Waals surface area contributed by atoms with Crippen molar-refractivity contribution in [1.82, 2.24) is 14.9 Å². The van der Waals surface area contributed by atoms with Crippen molar-refractivity contribution in [2.45, 2.75) is 103 Å². The summed E-state index contributed by atoms with van der Waals surface area (Å²) in [4.78, 5) is 37.7. The molecule has 2 aliphatic carbocycles. The van der Waals surface area contributed by atoms with Gasteiger partial charge in [-0.15, -0.1) is 0 Å². The van der Waals surface area contributed by atoms with Crippen LogP contribution in [-0.2, 0) is 27.2 Å². The highest BCUT2D eigenvalue weighted by Crippen LogP contribution is 2.35. The third-order valence-electron chi connectivity index (χ3n) is 7.57. The second-order valence-electron chi connectivity index (χ2n) is 11.6. The Bertz CT molecular complexity index is 1160. The molecule has 3 aliphatic rings. The number of benzene rings is 1. The van der Waals surface area contributed by atoms with Crippen molar-refractivity contribution >= 4 is 17.9 Å². The van der Waals surface area contributed by atoms with Gasteiger partial charge in [-0.3, -0.25) is 14.6 Å². The molecule has 2 saturated carbocycles. The zero-order valence-electron chi connectivity index (χ0n) is 22.8. The number of ether oxygens (including phenoxy) is 3. The van der Waals surface area contributed by atoms with Crippen LogP contribution in [0.5, 0.6) is 5.88 Å². The molecular weight excluding hydrogens is 484 g/mol. The Morgan fingerprint density at radius 2 is 1.84 bits per heavy atom. The van der Waals surface area contributed by atoms with Gasteiger partial charge in [0.15, 0.2) is 0 Å². The quantitative estimate of drug-likeness (QED) is 0.505. The Kier molecular flexibility index (Phi) is 7.56. The molecule has 1 aliphatic heterocycles. The normalized spacial score (nSPS) is 23.7. The zero-order chi connectivity index (χ0) is 26.9. The monoisotopic (exact) mass is 522 g/mol. The van der Waals surface area contributed by atoms with Crippen molar-refractivity contribution < 1.29 is 23.8 Å². The summed E-state index contributed by atoms with van der Waals surface area (Å²) in [7, 11) is 0. The molecule has 0 bridgehead atoms. The van der Waals surface area contributed by atoms with Crippen molar-refractivity contribution in [3.05, 3.63) is 47.8 Å². The maximum absolute atomic E-state index is 13.0. The van der Waals surface area contributed by atoms with Crippen molar-refractivity contribution in [2.75, 3.05) is 11.4 Å². The molecule has 2 aromatic rings. The van der Waals surface area contributed by atoms with Crippen LogP contribution in [0.25, 0.3) is 0 Å². The van der Waals surface area contributed by atoms with Crippen molar-refractivity contribution in [3.63, 3.8) is 0 Å². The highest BCUT2D eigenvalue weighted by molar-refractivity contribution is 5.87. The van der Waals surface area contributed by atoms with Gasteiger partial charge in [-0.25, -0.2) is 14.8 Å². The van der Waals surface area contributed by atoms with E-state index in [1.54, 1.807) is 11.0 Å². The first kappa shape index (κ1) is 26.4. The molecular formula is C29H38N4O5. The first-order chi connectivity index (χ1) is 18.2. The van der Waals surface area contributed by atoms with Gasteiger partial charge >= 0.3 is 12.1 Å². The molecule has 38 heavy (non-hydrogen) atoms. The molecule has 9 nitrogen and oxygen atoms in total. The van der Waals surface area contributed by atoms with Gasteiger partial charge in [0.1, 0.15) is 30.0 Å². The highest BCUT2D eigenvalue weighted by atomic mass is 16.6. The number of carbonyl (C=O) groups excluding carboxylic acids is 2. The van der Waals surface area contributed by atoms with Crippen LogP contribution in [0.2, 0.25) is 0 Å². The van der Waals surface area contributed by atoms with Crippen LogP contribution in [0.15, 0.2) is 36.7 Å². The van der Waals surface area contributed by atoms with E-state index in [1.807, 2.05) is 20.8 Å². The summed E-state index contributed by atoms with van der Waals surface area (Å²) in [6.07, 6.45) is 5.76. The van der Waals surface area contributed by atoms with Gasteiger partial charge in [0.25, 0.3) is 0 Å². The number of hydrogen-bond acceptors (Lipinski definition) is 8. The van der Waals surface area contributed by atoms with Gasteiger partial charge in [0.05, 0.1) is 6.04 Å². The maximum atomic E-state index is 13.0. The molecule has 0 saturated heterocycles. The number of fused-ring (bicyclic) bond motifs is 1. The van der Waals surface area contributed by atoms with E-state index in [0.29, 0.717) is 18.1 Å². The zero-order valence-corrected chi connectivity index (χ0v) is 22.8. The van der Waals surface area contributed by atoms with Crippen LogP contribution < -0.4 is 9.64 Å².